The highest BCUT2D eigenvalue weighted by Gasteiger charge is 2.16. The number of aliphatic hydroxyl groups is 1. The fourth-order valence-electron chi connectivity index (χ4n) is 2.18. The van der Waals surface area contributed by atoms with Gasteiger partial charge in [0.25, 0.3) is 0 Å². The summed E-state index contributed by atoms with van der Waals surface area (Å²) in [5, 5.41) is 9.12. The molecule has 0 radical (unpaired) electrons. The molecule has 1 aromatic heterocycles. The highest BCUT2D eigenvalue weighted by molar-refractivity contribution is 5.76. The minimum atomic E-state index is -0.313. The van der Waals surface area contributed by atoms with Gasteiger partial charge in [-0.25, -0.2) is 9.37 Å². The first kappa shape index (κ1) is 13.0. The second-order valence-corrected chi connectivity index (χ2v) is 4.37. The predicted molar refractivity (Wildman–Crippen MR) is 68.6 cm³/mol. The molecule has 0 aliphatic carbocycles. The summed E-state index contributed by atoms with van der Waals surface area (Å²) in [6.45, 7) is 2.49. The van der Waals surface area contributed by atoms with Gasteiger partial charge in [0.1, 0.15) is 11.6 Å². The number of imidazole rings is 1. The monoisotopic (exact) mass is 251 g/mol. The third-order valence-electron chi connectivity index (χ3n) is 2.99. The molecule has 1 atom stereocenters. The van der Waals surface area contributed by atoms with Crippen molar-refractivity contribution in [2.24, 2.45) is 5.73 Å². The Morgan fingerprint density at radius 3 is 2.94 bits per heavy atom. The first-order chi connectivity index (χ1) is 8.67. The summed E-state index contributed by atoms with van der Waals surface area (Å²) in [4.78, 5) is 4.40. The van der Waals surface area contributed by atoms with Crippen LogP contribution in [0.5, 0.6) is 0 Å². The standard InChI is InChI=1S/C13H18FN3O/c1-2-3-10(15)13-16-11-8-9(14)4-5-12(11)17(13)6-7-18/h4-5,8,10,18H,2-3,6-7,15H2,1H3. The zero-order valence-electron chi connectivity index (χ0n) is 10.4. The van der Waals surface area contributed by atoms with Crippen LogP contribution in [0.25, 0.3) is 11.0 Å². The SMILES string of the molecule is CCCC(N)c1nc2cc(F)ccc2n1CCO. The summed E-state index contributed by atoms with van der Waals surface area (Å²) >= 11 is 0. The fourth-order valence-corrected chi connectivity index (χ4v) is 2.18. The Kier molecular flexibility index (Phi) is 3.93. The van der Waals surface area contributed by atoms with Gasteiger partial charge in [-0.05, 0) is 18.6 Å². The normalized spacial score (nSPS) is 13.1. The van der Waals surface area contributed by atoms with E-state index < -0.39 is 0 Å². The van der Waals surface area contributed by atoms with E-state index in [1.165, 1.54) is 12.1 Å². The second kappa shape index (κ2) is 5.46. The Morgan fingerprint density at radius 2 is 2.28 bits per heavy atom. The van der Waals surface area contributed by atoms with Crippen LogP contribution >= 0.6 is 0 Å². The number of aromatic nitrogens is 2. The lowest BCUT2D eigenvalue weighted by Gasteiger charge is -2.12. The lowest BCUT2D eigenvalue weighted by atomic mass is 10.2. The molecule has 98 valence electrons. The summed E-state index contributed by atoms with van der Waals surface area (Å²) in [5.41, 5.74) is 7.48. The van der Waals surface area contributed by atoms with E-state index in [4.69, 9.17) is 10.8 Å². The summed E-state index contributed by atoms with van der Waals surface area (Å²) in [5.74, 6) is 0.401. The van der Waals surface area contributed by atoms with E-state index in [2.05, 4.69) is 11.9 Å². The van der Waals surface area contributed by atoms with E-state index in [-0.39, 0.29) is 18.5 Å². The lowest BCUT2D eigenvalue weighted by molar-refractivity contribution is 0.274. The van der Waals surface area contributed by atoms with Crippen LogP contribution in [0.15, 0.2) is 18.2 Å². The molecule has 0 bridgehead atoms. The van der Waals surface area contributed by atoms with E-state index in [9.17, 15) is 4.39 Å². The van der Waals surface area contributed by atoms with E-state index in [0.29, 0.717) is 17.9 Å². The van der Waals surface area contributed by atoms with Crippen molar-refractivity contribution in [2.75, 3.05) is 6.61 Å². The number of hydrogen-bond donors (Lipinski definition) is 2. The molecule has 0 aliphatic rings. The Labute approximate surface area is 105 Å². The molecule has 0 saturated heterocycles. The van der Waals surface area contributed by atoms with Crippen molar-refractivity contribution in [3.8, 4) is 0 Å². The van der Waals surface area contributed by atoms with Crippen LogP contribution in [0.2, 0.25) is 0 Å². The van der Waals surface area contributed by atoms with Crippen molar-refractivity contribution < 1.29 is 9.50 Å². The van der Waals surface area contributed by atoms with Crippen LogP contribution in [0.3, 0.4) is 0 Å². The van der Waals surface area contributed by atoms with Crippen molar-refractivity contribution in [3.05, 3.63) is 29.8 Å². The van der Waals surface area contributed by atoms with E-state index in [0.717, 1.165) is 18.4 Å². The molecule has 2 aromatic rings. The summed E-state index contributed by atoms with van der Waals surface area (Å²) in [7, 11) is 0. The maximum atomic E-state index is 13.2. The molecule has 4 nitrogen and oxygen atoms in total. The van der Waals surface area contributed by atoms with Crippen molar-refractivity contribution in [1.29, 1.82) is 0 Å². The molecule has 1 unspecified atom stereocenters. The Morgan fingerprint density at radius 1 is 1.50 bits per heavy atom. The van der Waals surface area contributed by atoms with Crippen molar-refractivity contribution in [2.45, 2.75) is 32.4 Å². The molecule has 0 saturated carbocycles. The van der Waals surface area contributed by atoms with Gasteiger partial charge in [-0.15, -0.1) is 0 Å². The summed E-state index contributed by atoms with van der Waals surface area (Å²) in [6, 6.07) is 4.28. The molecule has 1 aromatic carbocycles. The van der Waals surface area contributed by atoms with Gasteiger partial charge in [0, 0.05) is 12.6 Å². The Hall–Kier alpha value is -1.46. The van der Waals surface area contributed by atoms with Crippen LogP contribution in [-0.4, -0.2) is 21.3 Å². The van der Waals surface area contributed by atoms with Crippen molar-refractivity contribution in [3.63, 3.8) is 0 Å². The summed E-state index contributed by atoms with van der Waals surface area (Å²) in [6.07, 6.45) is 1.77. The molecule has 0 spiro atoms. The zero-order chi connectivity index (χ0) is 13.1. The van der Waals surface area contributed by atoms with Gasteiger partial charge in [0.2, 0.25) is 0 Å². The van der Waals surface area contributed by atoms with Crippen LogP contribution in [0, 0.1) is 5.82 Å². The quantitative estimate of drug-likeness (QED) is 0.854. The minimum Gasteiger partial charge on any atom is -0.395 e. The first-order valence-corrected chi connectivity index (χ1v) is 6.19. The third-order valence-corrected chi connectivity index (χ3v) is 2.99. The average Bonchev–Trinajstić information content (AvgIpc) is 2.68. The number of fused-ring (bicyclic) bond motifs is 1. The molecule has 0 fully saturated rings. The van der Waals surface area contributed by atoms with E-state index in [1.807, 2.05) is 4.57 Å². The Bertz CT molecular complexity index is 538. The predicted octanol–water partition coefficient (Wildman–Crippen LogP) is 1.97. The smallest absolute Gasteiger partial charge is 0.126 e. The number of aliphatic hydroxyl groups excluding tert-OH is 1. The van der Waals surface area contributed by atoms with E-state index >= 15 is 0 Å². The molecule has 5 heteroatoms. The third kappa shape index (κ3) is 2.37. The van der Waals surface area contributed by atoms with Gasteiger partial charge >= 0.3 is 0 Å². The molecule has 1 heterocycles. The van der Waals surface area contributed by atoms with E-state index in [1.54, 1.807) is 6.07 Å². The highest BCUT2D eigenvalue weighted by Crippen LogP contribution is 2.22. The number of nitrogens with two attached hydrogens (primary N) is 1. The van der Waals surface area contributed by atoms with Gasteiger partial charge in [-0.3, -0.25) is 0 Å². The second-order valence-electron chi connectivity index (χ2n) is 4.37. The number of halogens is 1. The van der Waals surface area contributed by atoms with Gasteiger partial charge in [-0.2, -0.15) is 0 Å². The van der Waals surface area contributed by atoms with Gasteiger partial charge in [0.15, 0.2) is 0 Å². The molecule has 0 aliphatic heterocycles. The number of hydrogen-bond acceptors (Lipinski definition) is 3. The van der Waals surface area contributed by atoms with Gasteiger partial charge < -0.3 is 15.4 Å². The van der Waals surface area contributed by atoms with Crippen LogP contribution in [0.4, 0.5) is 4.39 Å². The maximum absolute atomic E-state index is 13.2. The summed E-state index contributed by atoms with van der Waals surface area (Å²) < 4.78 is 15.1. The van der Waals surface area contributed by atoms with Crippen molar-refractivity contribution >= 4 is 11.0 Å². The first-order valence-electron chi connectivity index (χ1n) is 6.19. The molecular weight excluding hydrogens is 233 g/mol. The zero-order valence-corrected chi connectivity index (χ0v) is 10.4. The molecular formula is C13H18FN3O. The molecule has 0 amide bonds. The molecule has 3 N–H and O–H groups in total. The largest absolute Gasteiger partial charge is 0.395 e. The van der Waals surface area contributed by atoms with Gasteiger partial charge in [-0.1, -0.05) is 13.3 Å². The average molecular weight is 251 g/mol. The highest BCUT2D eigenvalue weighted by atomic mass is 19.1. The van der Waals surface area contributed by atoms with Gasteiger partial charge in [0.05, 0.1) is 23.7 Å². The minimum absolute atomic E-state index is 0.00861. The molecule has 18 heavy (non-hydrogen) atoms. The molecule has 2 rings (SSSR count). The van der Waals surface area contributed by atoms with Crippen LogP contribution in [0.1, 0.15) is 31.6 Å². The van der Waals surface area contributed by atoms with Crippen LogP contribution in [-0.2, 0) is 6.54 Å². The lowest BCUT2D eigenvalue weighted by Crippen LogP contribution is -2.17. The van der Waals surface area contributed by atoms with Crippen molar-refractivity contribution in [1.82, 2.24) is 9.55 Å². The number of rotatable bonds is 5. The fraction of sp³-hybridized carbons (Fsp3) is 0.462. The van der Waals surface area contributed by atoms with Crippen LogP contribution < -0.4 is 5.73 Å². The number of benzene rings is 1. The Balaban J connectivity index is 2.53. The number of nitrogens with zero attached hydrogens (tertiary/aromatic N) is 2. The maximum Gasteiger partial charge on any atom is 0.126 e. The topological polar surface area (TPSA) is 64.1 Å².